The zero-order chi connectivity index (χ0) is 25.9. The number of hydrogen-bond acceptors (Lipinski definition) is 5. The van der Waals surface area contributed by atoms with Crippen molar-refractivity contribution < 1.29 is 13.9 Å². The van der Waals surface area contributed by atoms with Crippen molar-refractivity contribution in [2.45, 2.75) is 64.0 Å². The summed E-state index contributed by atoms with van der Waals surface area (Å²) in [7, 11) is 0. The minimum atomic E-state index is -0.646. The summed E-state index contributed by atoms with van der Waals surface area (Å²) in [5.41, 5.74) is 3.84. The lowest BCUT2D eigenvalue weighted by molar-refractivity contribution is 0.145. The molecule has 8 heteroatoms. The van der Waals surface area contributed by atoms with Crippen molar-refractivity contribution in [3.63, 3.8) is 0 Å². The highest BCUT2D eigenvalue weighted by molar-refractivity contribution is 5.65. The maximum atomic E-state index is 14.5. The third-order valence-electron chi connectivity index (χ3n) is 8.59. The molecule has 1 N–H and O–H groups in total. The molecule has 0 amide bonds. The summed E-state index contributed by atoms with van der Waals surface area (Å²) < 4.78 is 30.8. The van der Waals surface area contributed by atoms with Gasteiger partial charge in [0.05, 0.1) is 52.6 Å². The monoisotopic (exact) mass is 501 g/mol. The van der Waals surface area contributed by atoms with Gasteiger partial charge in [0.25, 0.3) is 0 Å². The smallest absolute Gasteiger partial charge is 0.135 e. The van der Waals surface area contributed by atoms with Crippen LogP contribution in [0.25, 0.3) is 22.5 Å². The summed E-state index contributed by atoms with van der Waals surface area (Å²) in [5, 5.41) is 23.3. The van der Waals surface area contributed by atoms with Crippen LogP contribution in [0.3, 0.4) is 0 Å². The predicted molar refractivity (Wildman–Crippen MR) is 136 cm³/mol. The van der Waals surface area contributed by atoms with Crippen molar-refractivity contribution in [1.29, 1.82) is 0 Å². The molecular weight excluding hydrogens is 472 g/mol. The molecule has 1 aromatic carbocycles. The Balaban J connectivity index is 1.43. The Hall–Kier alpha value is -3.52. The van der Waals surface area contributed by atoms with Crippen molar-refractivity contribution in [2.75, 3.05) is 0 Å². The zero-order valence-electron chi connectivity index (χ0n) is 21.1. The van der Waals surface area contributed by atoms with E-state index in [4.69, 9.17) is 4.98 Å². The first-order valence-corrected chi connectivity index (χ1v) is 12.8. The molecule has 6 nitrogen and oxygen atoms in total. The molecule has 0 aliphatic heterocycles. The van der Waals surface area contributed by atoms with E-state index in [1.54, 1.807) is 10.9 Å². The summed E-state index contributed by atoms with van der Waals surface area (Å²) in [6.07, 6.45) is 5.70. The van der Waals surface area contributed by atoms with Crippen LogP contribution in [0.1, 0.15) is 62.9 Å². The summed E-state index contributed by atoms with van der Waals surface area (Å²) >= 11 is 0. The van der Waals surface area contributed by atoms with E-state index in [1.165, 1.54) is 18.2 Å². The molecule has 37 heavy (non-hydrogen) atoms. The largest absolute Gasteiger partial charge is 0.391 e. The van der Waals surface area contributed by atoms with E-state index in [-0.39, 0.29) is 22.6 Å². The van der Waals surface area contributed by atoms with Crippen LogP contribution in [0.15, 0.2) is 54.9 Å². The summed E-state index contributed by atoms with van der Waals surface area (Å²) in [4.78, 5) is 5.11. The van der Waals surface area contributed by atoms with Crippen LogP contribution >= 0.6 is 0 Å². The fourth-order valence-corrected chi connectivity index (χ4v) is 6.53. The first kappa shape index (κ1) is 23.9. The molecule has 3 aromatic heterocycles. The summed E-state index contributed by atoms with van der Waals surface area (Å²) in [5.74, 6) is -1.11. The van der Waals surface area contributed by atoms with E-state index < -0.39 is 23.2 Å². The van der Waals surface area contributed by atoms with Gasteiger partial charge in [-0.05, 0) is 66.5 Å². The second-order valence-corrected chi connectivity index (χ2v) is 10.8. The third kappa shape index (κ3) is 3.45. The molecule has 2 aliphatic carbocycles. The lowest BCUT2D eigenvalue weighted by atomic mass is 9.66. The van der Waals surface area contributed by atoms with E-state index >= 15 is 0 Å². The fraction of sp³-hybridized carbons (Fsp3) is 0.379. The Morgan fingerprint density at radius 3 is 2.59 bits per heavy atom. The molecule has 1 unspecified atom stereocenters. The van der Waals surface area contributed by atoms with Crippen molar-refractivity contribution >= 4 is 0 Å². The molecule has 190 valence electrons. The number of nitrogens with zero attached hydrogens (tertiary/aromatic N) is 5. The number of hydrogen-bond donors (Lipinski definition) is 1. The standard InChI is InChI=1S/C29H29F2N5O/c1-4-18(37)16-36-15-17(14-32-36)23-9-6-10-25(33-23)29-12-11-20(28(29,2)3)19-13-24(34-35-27(19)29)26-21(30)7-5-8-22(26)31/h5-10,13-15,18,20,37H,4,11-12,16H2,1-3H3/t18?,20-,29-/m0/s1. The van der Waals surface area contributed by atoms with E-state index in [0.29, 0.717) is 13.0 Å². The third-order valence-corrected chi connectivity index (χ3v) is 8.59. The fourth-order valence-electron chi connectivity index (χ4n) is 6.53. The predicted octanol–water partition coefficient (Wildman–Crippen LogP) is 5.65. The molecular formula is C29H29F2N5O. The van der Waals surface area contributed by atoms with E-state index in [2.05, 4.69) is 29.1 Å². The van der Waals surface area contributed by atoms with Gasteiger partial charge in [0, 0.05) is 11.8 Å². The number of aromatic nitrogens is 5. The highest BCUT2D eigenvalue weighted by Crippen LogP contribution is 2.69. The number of fused-ring (bicyclic) bond motifs is 5. The molecule has 0 spiro atoms. The van der Waals surface area contributed by atoms with Crippen LogP contribution in [-0.4, -0.2) is 36.2 Å². The quantitative estimate of drug-likeness (QED) is 0.369. The molecule has 1 fully saturated rings. The van der Waals surface area contributed by atoms with Crippen molar-refractivity contribution in [2.24, 2.45) is 5.41 Å². The van der Waals surface area contributed by atoms with Crippen LogP contribution < -0.4 is 0 Å². The molecule has 3 atom stereocenters. The maximum Gasteiger partial charge on any atom is 0.135 e. The second-order valence-electron chi connectivity index (χ2n) is 10.8. The molecule has 2 aliphatic rings. The molecule has 0 saturated heterocycles. The van der Waals surface area contributed by atoms with Gasteiger partial charge in [-0.2, -0.15) is 10.2 Å². The van der Waals surface area contributed by atoms with Gasteiger partial charge in [0.2, 0.25) is 0 Å². The molecule has 3 heterocycles. The van der Waals surface area contributed by atoms with Crippen LogP contribution in [0.4, 0.5) is 8.78 Å². The first-order valence-electron chi connectivity index (χ1n) is 12.8. The SMILES string of the molecule is CCC(O)Cn1cc(-c2cccc([C@@]34CC[C@@H](c5cc(-c6c(F)cccc6F)nnc53)C4(C)C)n2)cn1. The molecule has 6 rings (SSSR count). The number of rotatable bonds is 6. The average Bonchev–Trinajstić information content (AvgIpc) is 3.51. The van der Waals surface area contributed by atoms with Crippen molar-refractivity contribution in [3.05, 3.63) is 83.4 Å². The Labute approximate surface area is 214 Å². The lowest BCUT2D eigenvalue weighted by Crippen LogP contribution is -2.37. The van der Waals surface area contributed by atoms with Crippen LogP contribution in [0.2, 0.25) is 0 Å². The van der Waals surface area contributed by atoms with Gasteiger partial charge in [-0.15, -0.1) is 5.10 Å². The Morgan fingerprint density at radius 2 is 1.84 bits per heavy atom. The van der Waals surface area contributed by atoms with Crippen LogP contribution in [0, 0.1) is 17.0 Å². The van der Waals surface area contributed by atoms with E-state index in [0.717, 1.165) is 41.1 Å². The number of pyridine rings is 1. The number of aliphatic hydroxyl groups is 1. The zero-order valence-corrected chi connectivity index (χ0v) is 21.1. The molecule has 2 bridgehead atoms. The van der Waals surface area contributed by atoms with Gasteiger partial charge in [-0.25, -0.2) is 8.78 Å². The van der Waals surface area contributed by atoms with Crippen LogP contribution in [0.5, 0.6) is 0 Å². The van der Waals surface area contributed by atoms with Gasteiger partial charge >= 0.3 is 0 Å². The summed E-state index contributed by atoms with van der Waals surface area (Å²) in [6, 6.07) is 11.7. The molecule has 4 aromatic rings. The Bertz CT molecular complexity index is 1480. The number of aliphatic hydroxyl groups excluding tert-OH is 1. The van der Waals surface area contributed by atoms with Crippen molar-refractivity contribution in [1.82, 2.24) is 25.0 Å². The average molecular weight is 502 g/mol. The highest BCUT2D eigenvalue weighted by atomic mass is 19.1. The van der Waals surface area contributed by atoms with Gasteiger partial charge in [-0.3, -0.25) is 9.67 Å². The first-order chi connectivity index (χ1) is 17.8. The number of halogens is 2. The van der Waals surface area contributed by atoms with Gasteiger partial charge in [0.1, 0.15) is 11.6 Å². The van der Waals surface area contributed by atoms with Gasteiger partial charge < -0.3 is 5.11 Å². The maximum absolute atomic E-state index is 14.5. The van der Waals surface area contributed by atoms with Crippen LogP contribution in [-0.2, 0) is 12.0 Å². The van der Waals surface area contributed by atoms with Gasteiger partial charge in [0.15, 0.2) is 0 Å². The minimum Gasteiger partial charge on any atom is -0.391 e. The van der Waals surface area contributed by atoms with Gasteiger partial charge in [-0.1, -0.05) is 32.9 Å². The highest BCUT2D eigenvalue weighted by Gasteiger charge is 2.65. The van der Waals surface area contributed by atoms with Crippen molar-refractivity contribution in [3.8, 4) is 22.5 Å². The number of benzene rings is 1. The Morgan fingerprint density at radius 1 is 1.08 bits per heavy atom. The van der Waals surface area contributed by atoms with E-state index in [1.807, 2.05) is 37.4 Å². The topological polar surface area (TPSA) is 76.7 Å². The van der Waals surface area contributed by atoms with E-state index in [9.17, 15) is 13.9 Å². The molecule has 0 radical (unpaired) electrons. The lowest BCUT2D eigenvalue weighted by Gasteiger charge is -2.37. The second kappa shape index (κ2) is 8.52. The molecule has 1 saturated carbocycles. The summed E-state index contributed by atoms with van der Waals surface area (Å²) in [6.45, 7) is 6.83. The minimum absolute atomic E-state index is 0.141. The Kier molecular flexibility index (Phi) is 5.49. The normalized spacial score (nSPS) is 22.3.